The monoisotopic (exact) mass is 274 g/mol. The Hall–Kier alpha value is -1.22. The smallest absolute Gasteiger partial charge is 0.362 e. The standard InChI is InChI=1S/C12H19O5P/c1-4-6-7-8-9-12(18-15,11(14)16-3)17-10(13)5-2/h5H,2,4,6-9H2,1,3H3. The van der Waals surface area contributed by atoms with E-state index in [0.717, 1.165) is 32.4 Å². The molecule has 0 aromatic carbocycles. The summed E-state index contributed by atoms with van der Waals surface area (Å²) in [5.74, 6) is -1.61. The minimum Gasteiger partial charge on any atom is -0.465 e. The lowest BCUT2D eigenvalue weighted by Gasteiger charge is -2.23. The average molecular weight is 274 g/mol. The molecule has 0 aliphatic carbocycles. The van der Waals surface area contributed by atoms with E-state index in [1.165, 1.54) is 0 Å². The number of esters is 2. The first-order valence-corrected chi connectivity index (χ1v) is 6.65. The fraction of sp³-hybridized carbons (Fsp3) is 0.667. The SMILES string of the molecule is C=CC(=O)OC(CCCCCC)(P=O)C(=O)OC. The molecule has 18 heavy (non-hydrogen) atoms. The molecule has 1 atom stereocenters. The summed E-state index contributed by atoms with van der Waals surface area (Å²) in [6, 6.07) is 0. The van der Waals surface area contributed by atoms with Crippen LogP contribution < -0.4 is 0 Å². The summed E-state index contributed by atoms with van der Waals surface area (Å²) in [7, 11) is 0.580. The second kappa shape index (κ2) is 8.81. The molecule has 0 fully saturated rings. The molecule has 0 saturated carbocycles. The van der Waals surface area contributed by atoms with Crippen LogP contribution in [0.1, 0.15) is 39.0 Å². The first-order chi connectivity index (χ1) is 8.56. The molecule has 0 aliphatic rings. The normalized spacial score (nSPS) is 13.7. The Morgan fingerprint density at radius 1 is 1.33 bits per heavy atom. The number of hydrogen-bond acceptors (Lipinski definition) is 5. The van der Waals surface area contributed by atoms with E-state index in [-0.39, 0.29) is 6.42 Å². The number of rotatable bonds is 9. The van der Waals surface area contributed by atoms with Crippen molar-refractivity contribution in [3.8, 4) is 0 Å². The minimum atomic E-state index is -1.74. The third-order valence-corrected chi connectivity index (χ3v) is 3.25. The van der Waals surface area contributed by atoms with Gasteiger partial charge < -0.3 is 9.47 Å². The zero-order valence-corrected chi connectivity index (χ0v) is 11.7. The molecule has 0 spiro atoms. The van der Waals surface area contributed by atoms with Crippen LogP contribution >= 0.6 is 8.46 Å². The van der Waals surface area contributed by atoms with Crippen molar-refractivity contribution in [2.24, 2.45) is 0 Å². The molecule has 1 unspecified atom stereocenters. The Morgan fingerprint density at radius 2 is 2.00 bits per heavy atom. The van der Waals surface area contributed by atoms with Crippen molar-refractivity contribution >= 4 is 20.4 Å². The van der Waals surface area contributed by atoms with Crippen LogP contribution in [0.4, 0.5) is 0 Å². The van der Waals surface area contributed by atoms with Gasteiger partial charge in [-0.05, 0) is 6.42 Å². The highest BCUT2D eigenvalue weighted by atomic mass is 31.1. The Bertz CT molecular complexity index is 316. The van der Waals surface area contributed by atoms with Crippen molar-refractivity contribution in [3.63, 3.8) is 0 Å². The van der Waals surface area contributed by atoms with Crippen molar-refractivity contribution in [1.29, 1.82) is 0 Å². The topological polar surface area (TPSA) is 69.7 Å². The Kier molecular flexibility index (Phi) is 8.21. The van der Waals surface area contributed by atoms with Crippen LogP contribution in [-0.4, -0.2) is 24.4 Å². The lowest BCUT2D eigenvalue weighted by atomic mass is 10.1. The molecule has 5 nitrogen and oxygen atoms in total. The van der Waals surface area contributed by atoms with Gasteiger partial charge in [0.2, 0.25) is 8.46 Å². The van der Waals surface area contributed by atoms with Gasteiger partial charge >= 0.3 is 11.9 Å². The van der Waals surface area contributed by atoms with Gasteiger partial charge in [-0.3, -0.25) is 4.57 Å². The molecule has 0 aromatic heterocycles. The summed E-state index contributed by atoms with van der Waals surface area (Å²) in [5.41, 5.74) is 0. The van der Waals surface area contributed by atoms with E-state index in [1.807, 2.05) is 0 Å². The fourth-order valence-electron chi connectivity index (χ4n) is 1.46. The van der Waals surface area contributed by atoms with Gasteiger partial charge in [-0.15, -0.1) is 0 Å². The van der Waals surface area contributed by atoms with E-state index < -0.39 is 25.7 Å². The predicted molar refractivity (Wildman–Crippen MR) is 67.4 cm³/mol. The summed E-state index contributed by atoms with van der Waals surface area (Å²) < 4.78 is 20.7. The van der Waals surface area contributed by atoms with Gasteiger partial charge in [-0.1, -0.05) is 32.8 Å². The van der Waals surface area contributed by atoms with E-state index in [4.69, 9.17) is 4.74 Å². The van der Waals surface area contributed by atoms with Crippen molar-refractivity contribution in [3.05, 3.63) is 12.7 Å². The number of unbranched alkanes of at least 4 members (excludes halogenated alkanes) is 3. The summed E-state index contributed by atoms with van der Waals surface area (Å²) in [6.07, 6.45) is 4.63. The van der Waals surface area contributed by atoms with Crippen LogP contribution in [0.3, 0.4) is 0 Å². The third kappa shape index (κ3) is 4.96. The maximum Gasteiger partial charge on any atom is 0.362 e. The Morgan fingerprint density at radius 3 is 2.44 bits per heavy atom. The van der Waals surface area contributed by atoms with Crippen molar-refractivity contribution < 1.29 is 23.6 Å². The maximum atomic E-state index is 11.6. The number of ether oxygens (including phenoxy) is 2. The summed E-state index contributed by atoms with van der Waals surface area (Å²) >= 11 is 0. The van der Waals surface area contributed by atoms with Gasteiger partial charge in [-0.2, -0.15) is 0 Å². The number of methoxy groups -OCH3 is 1. The molecule has 0 heterocycles. The van der Waals surface area contributed by atoms with Crippen LogP contribution in [0.5, 0.6) is 0 Å². The van der Waals surface area contributed by atoms with Crippen LogP contribution in [-0.2, 0) is 23.6 Å². The molecular formula is C12H19O5P. The quantitative estimate of drug-likeness (QED) is 0.280. The molecule has 0 radical (unpaired) electrons. The van der Waals surface area contributed by atoms with Gasteiger partial charge in [-0.25, -0.2) is 9.59 Å². The Labute approximate surface area is 109 Å². The molecule has 0 aliphatic heterocycles. The highest BCUT2D eigenvalue weighted by Crippen LogP contribution is 2.33. The molecule has 0 rings (SSSR count). The average Bonchev–Trinajstić information content (AvgIpc) is 2.41. The highest BCUT2D eigenvalue weighted by Gasteiger charge is 2.44. The van der Waals surface area contributed by atoms with E-state index in [2.05, 4.69) is 18.2 Å². The highest BCUT2D eigenvalue weighted by molar-refractivity contribution is 7.27. The summed E-state index contributed by atoms with van der Waals surface area (Å²) in [5, 5.41) is -1.74. The van der Waals surface area contributed by atoms with Crippen molar-refractivity contribution in [2.45, 2.75) is 44.4 Å². The van der Waals surface area contributed by atoms with Gasteiger partial charge in [0.1, 0.15) is 0 Å². The van der Waals surface area contributed by atoms with Gasteiger partial charge in [0.15, 0.2) is 0 Å². The molecule has 0 N–H and O–H groups in total. The zero-order chi connectivity index (χ0) is 14.0. The molecular weight excluding hydrogens is 255 g/mol. The van der Waals surface area contributed by atoms with E-state index in [0.29, 0.717) is 6.42 Å². The molecule has 6 heteroatoms. The van der Waals surface area contributed by atoms with Gasteiger partial charge in [0, 0.05) is 12.5 Å². The minimum absolute atomic E-state index is 0.171. The molecule has 102 valence electrons. The second-order valence-corrected chi connectivity index (χ2v) is 4.71. The van der Waals surface area contributed by atoms with Crippen molar-refractivity contribution in [1.82, 2.24) is 0 Å². The maximum absolute atomic E-state index is 11.6. The van der Waals surface area contributed by atoms with Crippen LogP contribution in [0, 0.1) is 0 Å². The summed E-state index contributed by atoms with van der Waals surface area (Å²) in [6.45, 7) is 5.29. The number of carbonyl (C=O) groups excluding carboxylic acids is 2. The lowest BCUT2D eigenvalue weighted by molar-refractivity contribution is -0.168. The second-order valence-electron chi connectivity index (χ2n) is 3.80. The zero-order valence-electron chi connectivity index (χ0n) is 10.8. The first kappa shape index (κ1) is 16.8. The molecule has 0 bridgehead atoms. The van der Waals surface area contributed by atoms with Gasteiger partial charge in [0.05, 0.1) is 7.11 Å². The first-order valence-electron chi connectivity index (χ1n) is 5.84. The molecule has 0 aromatic rings. The number of carbonyl (C=O) groups is 2. The van der Waals surface area contributed by atoms with Crippen LogP contribution in [0.15, 0.2) is 12.7 Å². The van der Waals surface area contributed by atoms with E-state index in [1.54, 1.807) is 0 Å². The van der Waals surface area contributed by atoms with Gasteiger partial charge in [0.25, 0.3) is 5.34 Å². The van der Waals surface area contributed by atoms with E-state index in [9.17, 15) is 14.2 Å². The van der Waals surface area contributed by atoms with Crippen molar-refractivity contribution in [2.75, 3.05) is 7.11 Å². The molecule has 0 saturated heterocycles. The Balaban J connectivity index is 4.76. The van der Waals surface area contributed by atoms with E-state index >= 15 is 0 Å². The summed E-state index contributed by atoms with van der Waals surface area (Å²) in [4.78, 5) is 22.8. The molecule has 0 amide bonds. The fourth-order valence-corrected chi connectivity index (χ4v) is 2.00. The largest absolute Gasteiger partial charge is 0.465 e. The lowest BCUT2D eigenvalue weighted by Crippen LogP contribution is -2.38. The predicted octanol–water partition coefficient (Wildman–Crippen LogP) is 2.85. The number of hydrogen-bond donors (Lipinski definition) is 0. The van der Waals surface area contributed by atoms with Crippen LogP contribution in [0.2, 0.25) is 0 Å². The third-order valence-electron chi connectivity index (χ3n) is 2.46. The van der Waals surface area contributed by atoms with Crippen LogP contribution in [0.25, 0.3) is 0 Å².